The molecule has 1 aliphatic heterocycles. The van der Waals surface area contributed by atoms with Gasteiger partial charge in [-0.15, -0.1) is 0 Å². The fourth-order valence-electron chi connectivity index (χ4n) is 2.44. The predicted molar refractivity (Wildman–Crippen MR) is 85.1 cm³/mol. The largest absolute Gasteiger partial charge is 0.397 e. The van der Waals surface area contributed by atoms with Gasteiger partial charge in [0.25, 0.3) is 0 Å². The third kappa shape index (κ3) is 2.37. The Morgan fingerprint density at radius 3 is 2.24 bits per heavy atom. The van der Waals surface area contributed by atoms with Gasteiger partial charge in [-0.1, -0.05) is 20.8 Å². The van der Waals surface area contributed by atoms with E-state index in [1.165, 1.54) is 4.90 Å². The van der Waals surface area contributed by atoms with Gasteiger partial charge in [0, 0.05) is 5.41 Å². The minimum absolute atomic E-state index is 0.00916. The zero-order chi connectivity index (χ0) is 16.2. The molecule has 0 unspecified atom stereocenters. The number of rotatable bonds is 2. The molecule has 21 heavy (non-hydrogen) atoms. The van der Waals surface area contributed by atoms with Crippen molar-refractivity contribution in [1.82, 2.24) is 0 Å². The molecule has 1 aromatic carbocycles. The van der Waals surface area contributed by atoms with Gasteiger partial charge in [0.15, 0.2) is 5.78 Å². The van der Waals surface area contributed by atoms with Crippen LogP contribution in [-0.2, 0) is 15.0 Å². The number of anilines is 3. The van der Waals surface area contributed by atoms with Gasteiger partial charge in [0.2, 0.25) is 5.91 Å². The van der Waals surface area contributed by atoms with Gasteiger partial charge in [0.1, 0.15) is 0 Å². The maximum absolute atomic E-state index is 12.7. The van der Waals surface area contributed by atoms with Crippen LogP contribution in [0, 0.1) is 5.41 Å². The molecule has 0 atom stereocenters. The van der Waals surface area contributed by atoms with Gasteiger partial charge in [-0.3, -0.25) is 9.59 Å². The minimum Gasteiger partial charge on any atom is -0.397 e. The van der Waals surface area contributed by atoms with Crippen molar-refractivity contribution in [3.05, 3.63) is 17.7 Å². The molecular formula is C16H23N3O2. The first-order valence-corrected chi connectivity index (χ1v) is 7.01. The molecule has 4 N–H and O–H groups in total. The standard InChI is InChI=1S/C16H23N3O2/c1-15(2,3)13(20)8-19-12-7-11(18)10(17)6-9(12)16(4,5)14(19)21/h6-7H,8,17-18H2,1-5H3. The Bertz CT molecular complexity index is 627. The van der Waals surface area contributed by atoms with Gasteiger partial charge >= 0.3 is 0 Å². The van der Waals surface area contributed by atoms with Crippen molar-refractivity contribution in [3.63, 3.8) is 0 Å². The third-order valence-corrected chi connectivity index (χ3v) is 4.08. The van der Waals surface area contributed by atoms with E-state index in [0.29, 0.717) is 17.1 Å². The Morgan fingerprint density at radius 2 is 1.71 bits per heavy atom. The van der Waals surface area contributed by atoms with E-state index in [-0.39, 0.29) is 18.2 Å². The maximum atomic E-state index is 12.7. The lowest BCUT2D eigenvalue weighted by Gasteiger charge is -2.24. The molecule has 1 amide bonds. The van der Waals surface area contributed by atoms with Gasteiger partial charge in [-0.2, -0.15) is 0 Å². The molecule has 2 rings (SSSR count). The van der Waals surface area contributed by atoms with Gasteiger partial charge in [0.05, 0.1) is 29.0 Å². The Balaban J connectivity index is 2.49. The van der Waals surface area contributed by atoms with Crippen molar-refractivity contribution in [2.45, 2.75) is 40.0 Å². The highest BCUT2D eigenvalue weighted by Crippen LogP contribution is 2.44. The minimum atomic E-state index is -0.699. The number of carbonyl (C=O) groups is 2. The Hall–Kier alpha value is -2.04. The highest BCUT2D eigenvalue weighted by Gasteiger charge is 2.45. The summed E-state index contributed by atoms with van der Waals surface area (Å²) in [7, 11) is 0. The molecule has 0 bridgehead atoms. The average molecular weight is 289 g/mol. The third-order valence-electron chi connectivity index (χ3n) is 4.08. The van der Waals surface area contributed by atoms with Crippen LogP contribution in [0.25, 0.3) is 0 Å². The lowest BCUT2D eigenvalue weighted by molar-refractivity contribution is -0.128. The molecule has 0 aliphatic carbocycles. The lowest BCUT2D eigenvalue weighted by Crippen LogP contribution is -2.42. The number of carbonyl (C=O) groups excluding carboxylic acids is 2. The van der Waals surface area contributed by atoms with E-state index in [1.807, 2.05) is 34.6 Å². The lowest BCUT2D eigenvalue weighted by atomic mass is 9.86. The topological polar surface area (TPSA) is 89.4 Å². The fourth-order valence-corrected chi connectivity index (χ4v) is 2.44. The van der Waals surface area contributed by atoms with E-state index >= 15 is 0 Å². The zero-order valence-electron chi connectivity index (χ0n) is 13.3. The second-order valence-electron chi connectivity index (χ2n) is 7.19. The number of amides is 1. The smallest absolute Gasteiger partial charge is 0.237 e. The van der Waals surface area contributed by atoms with Crippen LogP contribution in [0.5, 0.6) is 0 Å². The zero-order valence-corrected chi connectivity index (χ0v) is 13.3. The number of nitrogens with two attached hydrogens (primary N) is 2. The van der Waals surface area contributed by atoms with Crippen LogP contribution in [0.15, 0.2) is 12.1 Å². The summed E-state index contributed by atoms with van der Waals surface area (Å²) < 4.78 is 0. The number of nitrogens with zero attached hydrogens (tertiary/aromatic N) is 1. The molecule has 0 aromatic heterocycles. The van der Waals surface area contributed by atoms with Crippen LogP contribution in [0.1, 0.15) is 40.2 Å². The van der Waals surface area contributed by atoms with E-state index in [1.54, 1.807) is 12.1 Å². The molecule has 0 fully saturated rings. The molecule has 1 aliphatic rings. The van der Waals surface area contributed by atoms with Crippen molar-refractivity contribution in [2.75, 3.05) is 22.9 Å². The summed E-state index contributed by atoms with van der Waals surface area (Å²) >= 11 is 0. The molecule has 114 valence electrons. The highest BCUT2D eigenvalue weighted by molar-refractivity contribution is 6.11. The first-order chi connectivity index (χ1) is 9.46. The molecule has 0 saturated carbocycles. The SMILES string of the molecule is CC(C)(C)C(=O)CN1C(=O)C(C)(C)c2cc(N)c(N)cc21. The van der Waals surface area contributed by atoms with Crippen molar-refractivity contribution >= 4 is 28.8 Å². The average Bonchev–Trinajstić information content (AvgIpc) is 2.51. The number of Topliss-reactive ketones (excluding diaryl/α,β-unsaturated/α-hetero) is 1. The first kappa shape index (κ1) is 15.4. The Labute approximate surface area is 125 Å². The van der Waals surface area contributed by atoms with Crippen LogP contribution >= 0.6 is 0 Å². The number of benzene rings is 1. The normalized spacial score (nSPS) is 17.0. The summed E-state index contributed by atoms with van der Waals surface area (Å²) in [5, 5.41) is 0. The predicted octanol–water partition coefficient (Wildman–Crippen LogP) is 2.09. The molecule has 0 spiro atoms. The summed E-state index contributed by atoms with van der Waals surface area (Å²) in [4.78, 5) is 26.5. The second kappa shape index (κ2) is 4.48. The van der Waals surface area contributed by atoms with Gasteiger partial charge in [-0.25, -0.2) is 0 Å². The second-order valence-corrected chi connectivity index (χ2v) is 7.19. The number of nitrogen functional groups attached to an aromatic ring is 2. The summed E-state index contributed by atoms with van der Waals surface area (Å²) in [6, 6.07) is 3.43. The molecule has 5 nitrogen and oxygen atoms in total. The number of hydrogen-bond donors (Lipinski definition) is 2. The van der Waals surface area contributed by atoms with E-state index in [0.717, 1.165) is 5.56 Å². The molecule has 1 heterocycles. The summed E-state index contributed by atoms with van der Waals surface area (Å²) in [6.45, 7) is 9.27. The van der Waals surface area contributed by atoms with E-state index in [4.69, 9.17) is 11.5 Å². The van der Waals surface area contributed by atoms with Crippen LogP contribution in [0.4, 0.5) is 17.1 Å². The summed E-state index contributed by atoms with van der Waals surface area (Å²) in [5.74, 6) is -0.0880. The van der Waals surface area contributed by atoms with E-state index < -0.39 is 10.8 Å². The monoisotopic (exact) mass is 289 g/mol. The fraction of sp³-hybridized carbons (Fsp3) is 0.500. The summed E-state index contributed by atoms with van der Waals surface area (Å²) in [5.41, 5.74) is 12.9. The van der Waals surface area contributed by atoms with Crippen LogP contribution in [-0.4, -0.2) is 18.2 Å². The molecule has 0 saturated heterocycles. The van der Waals surface area contributed by atoms with Crippen LogP contribution in [0.3, 0.4) is 0 Å². The number of fused-ring (bicyclic) bond motifs is 1. The van der Waals surface area contributed by atoms with Crippen molar-refractivity contribution < 1.29 is 9.59 Å². The quantitative estimate of drug-likeness (QED) is 0.816. The maximum Gasteiger partial charge on any atom is 0.237 e. The molecular weight excluding hydrogens is 266 g/mol. The first-order valence-electron chi connectivity index (χ1n) is 7.01. The van der Waals surface area contributed by atoms with E-state index in [2.05, 4.69) is 0 Å². The van der Waals surface area contributed by atoms with Gasteiger partial charge in [-0.05, 0) is 31.5 Å². The van der Waals surface area contributed by atoms with Gasteiger partial charge < -0.3 is 16.4 Å². The Kier molecular flexibility index (Phi) is 3.27. The highest BCUT2D eigenvalue weighted by atomic mass is 16.2. The molecule has 0 radical (unpaired) electrons. The van der Waals surface area contributed by atoms with Crippen LogP contribution in [0.2, 0.25) is 0 Å². The summed E-state index contributed by atoms with van der Waals surface area (Å²) in [6.07, 6.45) is 0. The van der Waals surface area contributed by atoms with Crippen molar-refractivity contribution in [2.24, 2.45) is 5.41 Å². The number of hydrogen-bond acceptors (Lipinski definition) is 4. The molecule has 1 aromatic rings. The molecule has 5 heteroatoms. The van der Waals surface area contributed by atoms with Crippen molar-refractivity contribution in [3.8, 4) is 0 Å². The van der Waals surface area contributed by atoms with Crippen LogP contribution < -0.4 is 16.4 Å². The number of ketones is 1. The Morgan fingerprint density at radius 1 is 1.19 bits per heavy atom. The van der Waals surface area contributed by atoms with Crippen molar-refractivity contribution in [1.29, 1.82) is 0 Å². The van der Waals surface area contributed by atoms with E-state index in [9.17, 15) is 9.59 Å².